The van der Waals surface area contributed by atoms with Crippen molar-refractivity contribution in [2.75, 3.05) is 38.2 Å². The Morgan fingerprint density at radius 1 is 0.972 bits per heavy atom. The third-order valence-corrected chi connectivity index (χ3v) is 6.60. The molecule has 0 radical (unpaired) electrons. The van der Waals surface area contributed by atoms with E-state index in [2.05, 4.69) is 10.00 Å². The van der Waals surface area contributed by atoms with Gasteiger partial charge in [-0.25, -0.2) is 4.68 Å². The van der Waals surface area contributed by atoms with Crippen LogP contribution in [-0.2, 0) is 16.0 Å². The van der Waals surface area contributed by atoms with Crippen LogP contribution in [0.5, 0.6) is 0 Å². The normalized spacial score (nSPS) is 13.5. The van der Waals surface area contributed by atoms with Crippen molar-refractivity contribution in [3.63, 3.8) is 0 Å². The Bertz CT molecular complexity index is 1260. The predicted octanol–water partition coefficient (Wildman–Crippen LogP) is 3.47. The summed E-state index contributed by atoms with van der Waals surface area (Å²) in [6.07, 6.45) is 0.863. The number of nitrogens with zero attached hydrogens (tertiary/aromatic N) is 5. The second-order valence-electron chi connectivity index (χ2n) is 8.74. The van der Waals surface area contributed by atoms with E-state index in [1.807, 2.05) is 47.7 Å². The van der Waals surface area contributed by atoms with Crippen molar-refractivity contribution in [2.24, 2.45) is 0 Å². The van der Waals surface area contributed by atoms with Crippen LogP contribution in [0.15, 0.2) is 48.5 Å². The maximum atomic E-state index is 13.1. The van der Waals surface area contributed by atoms with Crippen molar-refractivity contribution < 1.29 is 19.2 Å². The molecule has 1 saturated heterocycles. The van der Waals surface area contributed by atoms with Gasteiger partial charge in [0.15, 0.2) is 0 Å². The molecule has 0 spiro atoms. The lowest BCUT2D eigenvalue weighted by Gasteiger charge is -2.36. The molecule has 0 aliphatic carbocycles. The van der Waals surface area contributed by atoms with Crippen LogP contribution in [0.3, 0.4) is 0 Å². The molecule has 36 heavy (non-hydrogen) atoms. The first-order valence-electron chi connectivity index (χ1n) is 11.8. The number of ether oxygens (including phenoxy) is 1. The number of nitro groups is 1. The fourth-order valence-electron chi connectivity index (χ4n) is 4.50. The summed E-state index contributed by atoms with van der Waals surface area (Å²) in [5, 5.41) is 15.5. The number of esters is 1. The van der Waals surface area contributed by atoms with Gasteiger partial charge in [-0.15, -0.1) is 0 Å². The number of non-ortho nitro benzene ring substituents is 1. The van der Waals surface area contributed by atoms with Crippen molar-refractivity contribution in [1.29, 1.82) is 0 Å². The number of rotatable bonds is 7. The van der Waals surface area contributed by atoms with Gasteiger partial charge < -0.3 is 14.5 Å². The monoisotopic (exact) mass is 491 g/mol. The Balaban J connectivity index is 1.39. The molecule has 2 heterocycles. The van der Waals surface area contributed by atoms with Gasteiger partial charge in [-0.3, -0.25) is 19.7 Å². The standard InChI is InChI=1S/C26H29N5O5/c1-18-24(12-13-25(32)36-3)19(2)30(27-18)22-6-4-20(5-7-22)26(33)29-16-14-28(15-17-29)21-8-10-23(11-9-21)31(34)35/h4-11H,12-17H2,1-3H3. The summed E-state index contributed by atoms with van der Waals surface area (Å²) in [6.45, 7) is 6.33. The summed E-state index contributed by atoms with van der Waals surface area (Å²) >= 11 is 0. The smallest absolute Gasteiger partial charge is 0.305 e. The molecule has 10 heteroatoms. The molecule has 0 saturated carbocycles. The number of carbonyl (C=O) groups is 2. The lowest BCUT2D eigenvalue weighted by atomic mass is 10.1. The number of amides is 1. The van der Waals surface area contributed by atoms with E-state index in [0.29, 0.717) is 44.6 Å². The van der Waals surface area contributed by atoms with E-state index in [4.69, 9.17) is 4.74 Å². The SMILES string of the molecule is COC(=O)CCc1c(C)nn(-c2ccc(C(=O)N3CCN(c4ccc([N+](=O)[O-])cc4)CC3)cc2)c1C. The van der Waals surface area contributed by atoms with Gasteiger partial charge in [0.05, 0.1) is 23.4 Å². The number of hydrogen-bond acceptors (Lipinski definition) is 7. The Hall–Kier alpha value is -4.21. The highest BCUT2D eigenvalue weighted by atomic mass is 16.6. The largest absolute Gasteiger partial charge is 0.469 e. The van der Waals surface area contributed by atoms with E-state index in [9.17, 15) is 19.7 Å². The Labute approximate surface area is 209 Å². The van der Waals surface area contributed by atoms with Crippen molar-refractivity contribution in [3.05, 3.63) is 81.2 Å². The van der Waals surface area contributed by atoms with Gasteiger partial charge >= 0.3 is 5.97 Å². The van der Waals surface area contributed by atoms with E-state index in [1.54, 1.807) is 12.1 Å². The maximum absolute atomic E-state index is 13.1. The highest BCUT2D eigenvalue weighted by molar-refractivity contribution is 5.94. The van der Waals surface area contributed by atoms with E-state index < -0.39 is 4.92 Å². The van der Waals surface area contributed by atoms with Crippen LogP contribution in [-0.4, -0.2) is 64.8 Å². The van der Waals surface area contributed by atoms with Crippen LogP contribution in [0.25, 0.3) is 5.69 Å². The zero-order valence-electron chi connectivity index (χ0n) is 20.6. The maximum Gasteiger partial charge on any atom is 0.305 e. The van der Waals surface area contributed by atoms with Crippen molar-refractivity contribution in [1.82, 2.24) is 14.7 Å². The number of hydrogen-bond donors (Lipinski definition) is 0. The van der Waals surface area contributed by atoms with Gasteiger partial charge in [0.2, 0.25) is 0 Å². The van der Waals surface area contributed by atoms with Gasteiger partial charge in [0.1, 0.15) is 0 Å². The number of anilines is 1. The van der Waals surface area contributed by atoms with E-state index >= 15 is 0 Å². The van der Waals surface area contributed by atoms with Gasteiger partial charge in [-0.1, -0.05) is 0 Å². The molecule has 1 amide bonds. The van der Waals surface area contributed by atoms with Gasteiger partial charge in [-0.2, -0.15) is 5.10 Å². The Morgan fingerprint density at radius 3 is 2.17 bits per heavy atom. The van der Waals surface area contributed by atoms with Crippen LogP contribution in [0.1, 0.15) is 33.7 Å². The summed E-state index contributed by atoms with van der Waals surface area (Å²) in [5.41, 5.74) is 5.27. The van der Waals surface area contributed by atoms with Gasteiger partial charge in [0.25, 0.3) is 11.6 Å². The molecule has 1 aliphatic rings. The van der Waals surface area contributed by atoms with E-state index in [1.165, 1.54) is 19.2 Å². The zero-order chi connectivity index (χ0) is 25.8. The minimum Gasteiger partial charge on any atom is -0.469 e. The number of methoxy groups -OCH3 is 1. The van der Waals surface area contributed by atoms with Crippen LogP contribution in [0.2, 0.25) is 0 Å². The summed E-state index contributed by atoms with van der Waals surface area (Å²) in [6, 6.07) is 13.9. The summed E-state index contributed by atoms with van der Waals surface area (Å²) in [5.74, 6) is -0.282. The van der Waals surface area contributed by atoms with Crippen LogP contribution < -0.4 is 4.90 Å². The van der Waals surface area contributed by atoms with E-state index in [0.717, 1.165) is 28.3 Å². The first-order chi connectivity index (χ1) is 17.3. The first-order valence-corrected chi connectivity index (χ1v) is 11.8. The van der Waals surface area contributed by atoms with E-state index in [-0.39, 0.29) is 17.6 Å². The van der Waals surface area contributed by atoms with Crippen LogP contribution in [0.4, 0.5) is 11.4 Å². The summed E-state index contributed by atoms with van der Waals surface area (Å²) < 4.78 is 6.57. The molecule has 0 unspecified atom stereocenters. The third-order valence-electron chi connectivity index (χ3n) is 6.60. The average molecular weight is 492 g/mol. The number of benzene rings is 2. The van der Waals surface area contributed by atoms with Crippen LogP contribution >= 0.6 is 0 Å². The topological polar surface area (TPSA) is 111 Å². The Morgan fingerprint density at radius 2 is 1.58 bits per heavy atom. The number of aromatic nitrogens is 2. The molecule has 1 fully saturated rings. The van der Waals surface area contributed by atoms with Crippen molar-refractivity contribution in [3.8, 4) is 5.69 Å². The highest BCUT2D eigenvalue weighted by Crippen LogP contribution is 2.23. The fraction of sp³-hybridized carbons (Fsp3) is 0.346. The lowest BCUT2D eigenvalue weighted by Crippen LogP contribution is -2.48. The van der Waals surface area contributed by atoms with Crippen molar-refractivity contribution >= 4 is 23.3 Å². The molecule has 1 aliphatic heterocycles. The second-order valence-corrected chi connectivity index (χ2v) is 8.74. The lowest BCUT2D eigenvalue weighted by molar-refractivity contribution is -0.384. The average Bonchev–Trinajstić information content (AvgIpc) is 3.19. The molecule has 2 aromatic carbocycles. The quantitative estimate of drug-likeness (QED) is 0.283. The highest BCUT2D eigenvalue weighted by Gasteiger charge is 2.23. The number of carbonyl (C=O) groups excluding carboxylic acids is 2. The minimum absolute atomic E-state index is 0.0305. The van der Waals surface area contributed by atoms with Gasteiger partial charge in [0, 0.05) is 61.7 Å². The van der Waals surface area contributed by atoms with Crippen LogP contribution in [0, 0.1) is 24.0 Å². The third kappa shape index (κ3) is 5.22. The fourth-order valence-corrected chi connectivity index (χ4v) is 4.50. The predicted molar refractivity (Wildman–Crippen MR) is 135 cm³/mol. The number of piperazine rings is 1. The molecule has 3 aromatic rings. The number of nitro benzene ring substituents is 1. The second kappa shape index (κ2) is 10.6. The zero-order valence-corrected chi connectivity index (χ0v) is 20.6. The number of aryl methyl sites for hydroxylation is 1. The molecule has 0 bridgehead atoms. The molecule has 4 rings (SSSR count). The Kier molecular flexibility index (Phi) is 7.33. The minimum atomic E-state index is -0.412. The van der Waals surface area contributed by atoms with Crippen molar-refractivity contribution in [2.45, 2.75) is 26.7 Å². The molecular formula is C26H29N5O5. The molecule has 10 nitrogen and oxygen atoms in total. The van der Waals surface area contributed by atoms with Gasteiger partial charge in [-0.05, 0) is 62.2 Å². The summed E-state index contributed by atoms with van der Waals surface area (Å²) in [7, 11) is 1.38. The first kappa shape index (κ1) is 24.9. The molecular weight excluding hydrogens is 462 g/mol. The molecule has 0 atom stereocenters. The summed E-state index contributed by atoms with van der Waals surface area (Å²) in [4.78, 5) is 39.0. The molecule has 1 aromatic heterocycles. The molecule has 188 valence electrons. The molecule has 0 N–H and O–H groups in total.